The number of aliphatic hydroxyl groups is 1. The summed E-state index contributed by atoms with van der Waals surface area (Å²) in [5, 5.41) is 13.2. The van der Waals surface area contributed by atoms with Gasteiger partial charge >= 0.3 is 5.76 Å². The van der Waals surface area contributed by atoms with Crippen LogP contribution in [0.2, 0.25) is 0 Å². The van der Waals surface area contributed by atoms with Crippen LogP contribution in [0.5, 0.6) is 0 Å². The molecule has 1 aliphatic rings. The number of nitrogens with one attached hydrogen (secondary N) is 2. The molecule has 0 aliphatic heterocycles. The minimum Gasteiger partial charge on any atom is -0.408 e. The molecule has 1 heterocycles. The Kier molecular flexibility index (Phi) is 3.40. The average molecular weight is 277 g/mol. The second kappa shape index (κ2) is 5.20. The van der Waals surface area contributed by atoms with Crippen molar-refractivity contribution in [2.24, 2.45) is 5.92 Å². The monoisotopic (exact) mass is 277 g/mol. The normalized spacial score (nSPS) is 23.1. The van der Waals surface area contributed by atoms with E-state index in [-0.39, 0.29) is 12.0 Å². The maximum absolute atomic E-state index is 11.1. The Morgan fingerprint density at radius 3 is 3.00 bits per heavy atom. The van der Waals surface area contributed by atoms with Crippen LogP contribution < -0.4 is 16.8 Å². The van der Waals surface area contributed by atoms with Crippen LogP contribution in [0.4, 0.5) is 11.4 Å². The van der Waals surface area contributed by atoms with Gasteiger partial charge in [0.1, 0.15) is 0 Å². The standard InChI is InChI=1S/C14H19N3O3/c15-9-5-13-11(17-14(19)20-13)6-10(9)16-7-8-3-1-2-4-12(8)18/h5-6,8,12,16,18H,1-4,7,15H2,(H,17,19). The molecule has 0 saturated heterocycles. The number of nitrogen functional groups attached to an aromatic ring is 1. The third-order valence-electron chi connectivity index (χ3n) is 4.01. The molecule has 20 heavy (non-hydrogen) atoms. The van der Waals surface area contributed by atoms with E-state index in [2.05, 4.69) is 10.3 Å². The van der Waals surface area contributed by atoms with Gasteiger partial charge in [0, 0.05) is 18.5 Å². The van der Waals surface area contributed by atoms with E-state index in [4.69, 9.17) is 10.2 Å². The summed E-state index contributed by atoms with van der Waals surface area (Å²) in [4.78, 5) is 13.7. The van der Waals surface area contributed by atoms with Crippen molar-refractivity contribution in [2.45, 2.75) is 31.8 Å². The molecule has 1 aromatic carbocycles. The van der Waals surface area contributed by atoms with Crippen molar-refractivity contribution in [3.05, 3.63) is 22.7 Å². The fourth-order valence-electron chi connectivity index (χ4n) is 2.83. The van der Waals surface area contributed by atoms with Crippen LogP contribution >= 0.6 is 0 Å². The van der Waals surface area contributed by atoms with Crippen molar-refractivity contribution in [3.8, 4) is 0 Å². The number of H-pyrrole nitrogens is 1. The Morgan fingerprint density at radius 2 is 2.20 bits per heavy atom. The molecule has 0 amide bonds. The molecule has 1 aliphatic carbocycles. The Morgan fingerprint density at radius 1 is 1.40 bits per heavy atom. The van der Waals surface area contributed by atoms with Crippen LogP contribution in [0, 0.1) is 5.92 Å². The number of nitrogens with two attached hydrogens (primary N) is 1. The van der Waals surface area contributed by atoms with Gasteiger partial charge in [0.25, 0.3) is 0 Å². The van der Waals surface area contributed by atoms with Gasteiger partial charge in [-0.25, -0.2) is 4.79 Å². The molecule has 2 aromatic rings. The second-order valence-electron chi connectivity index (χ2n) is 5.44. The highest BCUT2D eigenvalue weighted by Gasteiger charge is 2.22. The molecule has 0 radical (unpaired) electrons. The zero-order valence-electron chi connectivity index (χ0n) is 11.2. The van der Waals surface area contributed by atoms with E-state index < -0.39 is 5.76 Å². The van der Waals surface area contributed by atoms with Gasteiger partial charge in [0.05, 0.1) is 23.0 Å². The highest BCUT2D eigenvalue weighted by atomic mass is 16.4. The summed E-state index contributed by atoms with van der Waals surface area (Å²) in [5.41, 5.74) is 8.31. The van der Waals surface area contributed by atoms with Crippen LogP contribution in [-0.4, -0.2) is 22.7 Å². The van der Waals surface area contributed by atoms with Gasteiger partial charge in [0.2, 0.25) is 0 Å². The van der Waals surface area contributed by atoms with Gasteiger partial charge in [-0.3, -0.25) is 4.98 Å². The van der Waals surface area contributed by atoms with Crippen molar-refractivity contribution in [1.29, 1.82) is 0 Å². The first kappa shape index (κ1) is 13.1. The lowest BCUT2D eigenvalue weighted by atomic mass is 9.86. The molecule has 0 spiro atoms. The fraction of sp³-hybridized carbons (Fsp3) is 0.500. The van der Waals surface area contributed by atoms with Gasteiger partial charge in [-0.15, -0.1) is 0 Å². The minimum absolute atomic E-state index is 0.241. The molecule has 6 nitrogen and oxygen atoms in total. The number of aromatic amines is 1. The van der Waals surface area contributed by atoms with Crippen LogP contribution in [-0.2, 0) is 0 Å². The summed E-state index contributed by atoms with van der Waals surface area (Å²) in [6, 6.07) is 3.40. The van der Waals surface area contributed by atoms with E-state index in [9.17, 15) is 9.90 Å². The zero-order valence-corrected chi connectivity index (χ0v) is 11.2. The first-order valence-electron chi connectivity index (χ1n) is 6.98. The lowest BCUT2D eigenvalue weighted by Crippen LogP contribution is -2.30. The highest BCUT2D eigenvalue weighted by Crippen LogP contribution is 2.28. The Balaban J connectivity index is 1.76. The number of hydrogen-bond donors (Lipinski definition) is 4. The molecule has 2 atom stereocenters. The van der Waals surface area contributed by atoms with E-state index >= 15 is 0 Å². The molecule has 5 N–H and O–H groups in total. The predicted octanol–water partition coefficient (Wildman–Crippen LogP) is 1.67. The molecule has 1 fully saturated rings. The zero-order chi connectivity index (χ0) is 14.1. The molecule has 2 unspecified atom stereocenters. The SMILES string of the molecule is Nc1cc2oc(=O)[nH]c2cc1NCC1CCCCC1O. The molecule has 3 rings (SSSR count). The smallest absolute Gasteiger partial charge is 0.408 e. The van der Waals surface area contributed by atoms with E-state index in [1.807, 2.05) is 0 Å². The number of oxazole rings is 1. The van der Waals surface area contributed by atoms with Crippen molar-refractivity contribution in [2.75, 3.05) is 17.6 Å². The highest BCUT2D eigenvalue weighted by molar-refractivity contribution is 5.85. The summed E-state index contributed by atoms with van der Waals surface area (Å²) >= 11 is 0. The lowest BCUT2D eigenvalue weighted by molar-refractivity contribution is 0.0763. The van der Waals surface area contributed by atoms with Crippen LogP contribution in [0.3, 0.4) is 0 Å². The number of fused-ring (bicyclic) bond motifs is 1. The van der Waals surface area contributed by atoms with Crippen LogP contribution in [0.1, 0.15) is 25.7 Å². The summed E-state index contributed by atoms with van der Waals surface area (Å²) in [6.45, 7) is 0.680. The summed E-state index contributed by atoms with van der Waals surface area (Å²) in [6.07, 6.45) is 3.92. The lowest BCUT2D eigenvalue weighted by Gasteiger charge is -2.28. The van der Waals surface area contributed by atoms with Crippen molar-refractivity contribution in [3.63, 3.8) is 0 Å². The van der Waals surface area contributed by atoms with Gasteiger partial charge < -0.3 is 20.6 Å². The first-order chi connectivity index (χ1) is 9.63. The molecular weight excluding hydrogens is 258 g/mol. The Labute approximate surface area is 116 Å². The fourth-order valence-corrected chi connectivity index (χ4v) is 2.83. The second-order valence-corrected chi connectivity index (χ2v) is 5.44. The molecule has 108 valence electrons. The maximum atomic E-state index is 11.1. The maximum Gasteiger partial charge on any atom is 0.417 e. The van der Waals surface area contributed by atoms with Crippen LogP contribution in [0.15, 0.2) is 21.3 Å². The molecule has 1 saturated carbocycles. The van der Waals surface area contributed by atoms with Crippen molar-refractivity contribution >= 4 is 22.5 Å². The van der Waals surface area contributed by atoms with Gasteiger partial charge in [-0.05, 0) is 18.9 Å². The Bertz CT molecular complexity index is 661. The molecule has 1 aromatic heterocycles. The number of rotatable bonds is 3. The van der Waals surface area contributed by atoms with E-state index in [0.717, 1.165) is 31.4 Å². The Hall–Kier alpha value is -1.95. The number of benzene rings is 1. The third-order valence-corrected chi connectivity index (χ3v) is 4.01. The minimum atomic E-state index is -0.487. The number of aromatic nitrogens is 1. The third kappa shape index (κ3) is 2.51. The number of hydrogen-bond acceptors (Lipinski definition) is 5. The van der Waals surface area contributed by atoms with E-state index in [1.54, 1.807) is 12.1 Å². The van der Waals surface area contributed by atoms with E-state index in [1.165, 1.54) is 0 Å². The average Bonchev–Trinajstić information content (AvgIpc) is 2.76. The topological polar surface area (TPSA) is 104 Å². The number of anilines is 2. The molecular formula is C14H19N3O3. The van der Waals surface area contributed by atoms with Gasteiger partial charge in [0.15, 0.2) is 5.58 Å². The predicted molar refractivity (Wildman–Crippen MR) is 77.7 cm³/mol. The van der Waals surface area contributed by atoms with Crippen molar-refractivity contribution in [1.82, 2.24) is 4.98 Å². The number of aliphatic hydroxyl groups excluding tert-OH is 1. The summed E-state index contributed by atoms with van der Waals surface area (Å²) in [7, 11) is 0. The van der Waals surface area contributed by atoms with Gasteiger partial charge in [-0.1, -0.05) is 12.8 Å². The van der Waals surface area contributed by atoms with E-state index in [0.29, 0.717) is 23.3 Å². The quantitative estimate of drug-likeness (QED) is 0.639. The summed E-state index contributed by atoms with van der Waals surface area (Å²) in [5.74, 6) is -0.235. The van der Waals surface area contributed by atoms with Gasteiger partial charge in [-0.2, -0.15) is 0 Å². The largest absolute Gasteiger partial charge is 0.417 e. The van der Waals surface area contributed by atoms with Crippen LogP contribution in [0.25, 0.3) is 11.1 Å². The molecule has 0 bridgehead atoms. The van der Waals surface area contributed by atoms with Crippen molar-refractivity contribution < 1.29 is 9.52 Å². The first-order valence-corrected chi connectivity index (χ1v) is 6.98. The molecule has 6 heteroatoms. The summed E-state index contributed by atoms with van der Waals surface area (Å²) < 4.78 is 4.96.